The Kier molecular flexibility index (Phi) is 12.7. The van der Waals surface area contributed by atoms with Crippen LogP contribution in [0.2, 0.25) is 0 Å². The predicted molar refractivity (Wildman–Crippen MR) is 172 cm³/mol. The molecule has 1 N–H and O–H groups in total. The summed E-state index contributed by atoms with van der Waals surface area (Å²) in [6.07, 6.45) is 21.6. The van der Waals surface area contributed by atoms with Crippen LogP contribution in [0.25, 0.3) is 0 Å². The molecular formula is C37H61NO2. The quantitative estimate of drug-likeness (QED) is 0.172. The molecule has 226 valence electrons. The maximum atomic E-state index is 13.5. The van der Waals surface area contributed by atoms with E-state index in [-0.39, 0.29) is 28.1 Å². The van der Waals surface area contributed by atoms with Crippen LogP contribution in [-0.4, -0.2) is 17.2 Å². The third kappa shape index (κ3) is 11.5. The summed E-state index contributed by atoms with van der Waals surface area (Å²) in [6, 6.07) is 0. The van der Waals surface area contributed by atoms with Gasteiger partial charge in [0.05, 0.1) is 5.92 Å². The Morgan fingerprint density at radius 1 is 0.750 bits per heavy atom. The molecule has 2 bridgehead atoms. The van der Waals surface area contributed by atoms with E-state index in [0.717, 1.165) is 57.8 Å². The summed E-state index contributed by atoms with van der Waals surface area (Å²) in [5.74, 6) is -0.0933. The van der Waals surface area contributed by atoms with E-state index in [1.165, 1.54) is 35.1 Å². The molecule has 4 unspecified atom stereocenters. The lowest BCUT2D eigenvalue weighted by Crippen LogP contribution is -2.61. The van der Waals surface area contributed by atoms with Gasteiger partial charge in [-0.2, -0.15) is 0 Å². The van der Waals surface area contributed by atoms with Crippen molar-refractivity contribution in [2.45, 2.75) is 152 Å². The van der Waals surface area contributed by atoms with Crippen molar-refractivity contribution in [3.8, 4) is 0 Å². The molecule has 0 radical (unpaired) electrons. The molecule has 0 saturated heterocycles. The Balaban J connectivity index is 1.89. The fraction of sp³-hybridized carbons (Fsp3) is 0.730. The molecule has 2 saturated carbocycles. The van der Waals surface area contributed by atoms with Gasteiger partial charge in [0.15, 0.2) is 0 Å². The average molecular weight is 552 g/mol. The third-order valence-electron chi connectivity index (χ3n) is 9.12. The Hall–Kier alpha value is -1.90. The number of carbonyl (C=O) groups is 2. The number of amides is 1. The molecule has 0 spiro atoms. The van der Waals surface area contributed by atoms with Crippen LogP contribution in [0.4, 0.5) is 0 Å². The van der Waals surface area contributed by atoms with Gasteiger partial charge in [0, 0.05) is 5.54 Å². The summed E-state index contributed by atoms with van der Waals surface area (Å²) in [6.45, 7) is 21.9. The number of hydrogen-bond acceptors (Lipinski definition) is 2. The lowest BCUT2D eigenvalue weighted by molar-refractivity contribution is -0.137. The number of fused-ring (bicyclic) bond motifs is 2. The molecule has 40 heavy (non-hydrogen) atoms. The highest BCUT2D eigenvalue weighted by molar-refractivity contribution is 6.00. The molecule has 2 aliphatic carbocycles. The highest BCUT2D eigenvalue weighted by Crippen LogP contribution is 2.58. The summed E-state index contributed by atoms with van der Waals surface area (Å²) in [4.78, 5) is 26.1. The van der Waals surface area contributed by atoms with Crippen LogP contribution in [0.3, 0.4) is 0 Å². The Labute approximate surface area is 247 Å². The van der Waals surface area contributed by atoms with E-state index < -0.39 is 5.92 Å². The van der Waals surface area contributed by atoms with Crippen LogP contribution in [0.5, 0.6) is 0 Å². The van der Waals surface area contributed by atoms with Crippen molar-refractivity contribution < 1.29 is 9.59 Å². The molecule has 4 atom stereocenters. The first kappa shape index (κ1) is 34.3. The summed E-state index contributed by atoms with van der Waals surface area (Å²) in [5.41, 5.74) is 5.85. The van der Waals surface area contributed by atoms with Gasteiger partial charge in [-0.3, -0.25) is 9.59 Å². The molecular weight excluding hydrogens is 490 g/mol. The molecule has 2 fully saturated rings. The van der Waals surface area contributed by atoms with Crippen LogP contribution in [0, 0.1) is 22.7 Å². The van der Waals surface area contributed by atoms with E-state index in [1.54, 1.807) is 6.92 Å². The lowest BCUT2D eigenvalue weighted by atomic mass is 9.50. The van der Waals surface area contributed by atoms with Crippen molar-refractivity contribution in [2.75, 3.05) is 0 Å². The zero-order valence-corrected chi connectivity index (χ0v) is 27.8. The second-order valence-electron chi connectivity index (χ2n) is 15.2. The summed E-state index contributed by atoms with van der Waals surface area (Å²) in [5, 5.41) is 3.48. The van der Waals surface area contributed by atoms with Crippen LogP contribution < -0.4 is 5.32 Å². The first-order valence-corrected chi connectivity index (χ1v) is 16.0. The van der Waals surface area contributed by atoms with Gasteiger partial charge in [-0.15, -0.1) is 0 Å². The van der Waals surface area contributed by atoms with Crippen molar-refractivity contribution >= 4 is 11.7 Å². The maximum absolute atomic E-state index is 13.5. The number of carbonyl (C=O) groups excluding carboxylic acids is 2. The van der Waals surface area contributed by atoms with Gasteiger partial charge >= 0.3 is 0 Å². The Morgan fingerprint density at radius 3 is 1.80 bits per heavy atom. The molecule has 0 aliphatic heterocycles. The van der Waals surface area contributed by atoms with E-state index in [4.69, 9.17) is 0 Å². The van der Waals surface area contributed by atoms with E-state index in [0.29, 0.717) is 12.3 Å². The molecule has 1 amide bonds. The van der Waals surface area contributed by atoms with Crippen molar-refractivity contribution in [3.05, 3.63) is 46.6 Å². The van der Waals surface area contributed by atoms with E-state index in [2.05, 4.69) is 91.9 Å². The van der Waals surface area contributed by atoms with Crippen molar-refractivity contribution in [3.63, 3.8) is 0 Å². The van der Waals surface area contributed by atoms with Gasteiger partial charge in [-0.1, -0.05) is 74.3 Å². The average Bonchev–Trinajstić information content (AvgIpc) is 2.75. The van der Waals surface area contributed by atoms with Crippen molar-refractivity contribution in [2.24, 2.45) is 22.7 Å². The number of ketones is 1. The third-order valence-corrected chi connectivity index (χ3v) is 9.12. The van der Waals surface area contributed by atoms with Gasteiger partial charge in [0.1, 0.15) is 5.78 Å². The normalized spacial score (nSPS) is 27.6. The molecule has 3 nitrogen and oxygen atoms in total. The molecule has 3 heteroatoms. The van der Waals surface area contributed by atoms with Gasteiger partial charge in [-0.05, 0) is 135 Å². The standard InChI is InChI=1S/C37H61NO2/c1-27(2)14-11-15-28(3)16-12-17-29(4)18-13-19-30(5)20-21-33(32(7)39)34(40)38-37-23-31(6)22-36(10,26-37)24-35(8,9)25-37/h14,16,18,20,31,33H,11-13,15,17,19,21-26H2,1-10H3,(H,38,40). The Bertz CT molecular complexity index is 1000. The summed E-state index contributed by atoms with van der Waals surface area (Å²) in [7, 11) is 0. The smallest absolute Gasteiger partial charge is 0.231 e. The molecule has 2 aliphatic rings. The second kappa shape index (κ2) is 14.8. The molecule has 0 aromatic heterocycles. The highest BCUT2D eigenvalue weighted by atomic mass is 16.2. The fourth-order valence-electron chi connectivity index (χ4n) is 8.20. The first-order valence-electron chi connectivity index (χ1n) is 16.0. The molecule has 0 heterocycles. The number of rotatable bonds is 14. The minimum absolute atomic E-state index is 0.0282. The van der Waals surface area contributed by atoms with Crippen LogP contribution in [0.1, 0.15) is 146 Å². The minimum atomic E-state index is -0.595. The number of Topliss-reactive ketones (excluding diaryl/α,β-unsaturated/α-hetero) is 1. The first-order chi connectivity index (χ1) is 18.5. The Morgan fingerprint density at radius 2 is 1.27 bits per heavy atom. The maximum Gasteiger partial charge on any atom is 0.231 e. The molecule has 2 rings (SSSR count). The van der Waals surface area contributed by atoms with E-state index in [9.17, 15) is 9.59 Å². The number of nitrogens with one attached hydrogen (secondary N) is 1. The summed E-state index contributed by atoms with van der Waals surface area (Å²) < 4.78 is 0. The largest absolute Gasteiger partial charge is 0.350 e. The number of hydrogen-bond donors (Lipinski definition) is 1. The minimum Gasteiger partial charge on any atom is -0.350 e. The van der Waals surface area contributed by atoms with Gasteiger partial charge in [0.2, 0.25) is 5.91 Å². The lowest BCUT2D eigenvalue weighted by Gasteiger charge is -2.58. The fourth-order valence-corrected chi connectivity index (χ4v) is 8.20. The molecule has 0 aromatic rings. The van der Waals surface area contributed by atoms with E-state index in [1.807, 2.05) is 0 Å². The van der Waals surface area contributed by atoms with Crippen LogP contribution in [-0.2, 0) is 9.59 Å². The topological polar surface area (TPSA) is 46.2 Å². The van der Waals surface area contributed by atoms with Gasteiger partial charge in [0.25, 0.3) is 0 Å². The van der Waals surface area contributed by atoms with Gasteiger partial charge < -0.3 is 5.32 Å². The van der Waals surface area contributed by atoms with Crippen LogP contribution >= 0.6 is 0 Å². The van der Waals surface area contributed by atoms with Crippen LogP contribution in [0.15, 0.2) is 46.6 Å². The van der Waals surface area contributed by atoms with E-state index >= 15 is 0 Å². The number of allylic oxidation sites excluding steroid dienone is 8. The molecule has 0 aromatic carbocycles. The highest BCUT2D eigenvalue weighted by Gasteiger charge is 2.54. The zero-order chi connectivity index (χ0) is 30.1. The van der Waals surface area contributed by atoms with Crippen molar-refractivity contribution in [1.29, 1.82) is 0 Å². The second-order valence-corrected chi connectivity index (χ2v) is 15.2. The predicted octanol–water partition coefficient (Wildman–Crippen LogP) is 10.2. The summed E-state index contributed by atoms with van der Waals surface area (Å²) >= 11 is 0. The zero-order valence-electron chi connectivity index (χ0n) is 27.8. The van der Waals surface area contributed by atoms with Crippen molar-refractivity contribution in [1.82, 2.24) is 5.32 Å². The van der Waals surface area contributed by atoms with Gasteiger partial charge in [-0.25, -0.2) is 0 Å². The monoisotopic (exact) mass is 551 g/mol. The SMILES string of the molecule is CC(=O)C(CC=C(C)CCC=C(C)CCC=C(C)CCC=C(C)C)C(=O)NC12CC(C)CC(C)(CC(C)(C)C1)C2.